The summed E-state index contributed by atoms with van der Waals surface area (Å²) in [5.74, 6) is 1.01. The fraction of sp³-hybridized carbons (Fsp3) is 0.581. The van der Waals surface area contributed by atoms with Gasteiger partial charge in [-0.05, 0) is 103 Å². The van der Waals surface area contributed by atoms with Crippen LogP contribution in [-0.2, 0) is 9.47 Å². The summed E-state index contributed by atoms with van der Waals surface area (Å²) in [5.41, 5.74) is 1.88. The van der Waals surface area contributed by atoms with Crippen LogP contribution in [0.4, 0.5) is 4.79 Å². The molecule has 38 heavy (non-hydrogen) atoms. The van der Waals surface area contributed by atoms with Gasteiger partial charge in [-0.3, -0.25) is 0 Å². The van der Waals surface area contributed by atoms with Crippen LogP contribution in [0, 0.1) is 12.8 Å². The normalized spacial score (nSPS) is 14.8. The van der Waals surface area contributed by atoms with Gasteiger partial charge in [0.2, 0.25) is 0 Å². The van der Waals surface area contributed by atoms with Crippen molar-refractivity contribution in [3.8, 4) is 16.9 Å². The Balaban J connectivity index is 1.50. The van der Waals surface area contributed by atoms with Gasteiger partial charge >= 0.3 is 12.1 Å². The number of aromatic nitrogens is 1. The zero-order valence-electron chi connectivity index (χ0n) is 24.1. The zero-order chi connectivity index (χ0) is 27.9. The summed E-state index contributed by atoms with van der Waals surface area (Å²) in [6.07, 6.45) is 6.64. The monoisotopic (exact) mass is 524 g/mol. The van der Waals surface area contributed by atoms with Gasteiger partial charge < -0.3 is 19.1 Å². The van der Waals surface area contributed by atoms with Crippen molar-refractivity contribution in [1.82, 2.24) is 9.88 Å². The zero-order valence-corrected chi connectivity index (χ0v) is 24.1. The molecular formula is C31H44N2O5. The lowest BCUT2D eigenvalue weighted by atomic mass is 9.92. The second kappa shape index (κ2) is 12.6. The van der Waals surface area contributed by atoms with Gasteiger partial charge in [0.15, 0.2) is 5.69 Å². The van der Waals surface area contributed by atoms with Gasteiger partial charge in [-0.1, -0.05) is 24.6 Å². The Hall–Kier alpha value is -3.09. The Morgan fingerprint density at radius 1 is 0.921 bits per heavy atom. The second-order valence-electron chi connectivity index (χ2n) is 12.1. The van der Waals surface area contributed by atoms with Gasteiger partial charge in [0.25, 0.3) is 0 Å². The molecule has 7 nitrogen and oxygen atoms in total. The largest absolute Gasteiger partial charge is 0.493 e. The number of ether oxygens (including phenoxy) is 3. The lowest BCUT2D eigenvalue weighted by Crippen LogP contribution is -2.41. The first-order valence-electron chi connectivity index (χ1n) is 13.7. The molecule has 0 atom stereocenters. The minimum atomic E-state index is -0.596. The fourth-order valence-corrected chi connectivity index (χ4v) is 4.62. The number of benzene rings is 1. The number of piperidine rings is 1. The first kappa shape index (κ1) is 29.5. The average Bonchev–Trinajstić information content (AvgIpc) is 2.83. The molecule has 2 aromatic rings. The van der Waals surface area contributed by atoms with E-state index >= 15 is 0 Å². The van der Waals surface area contributed by atoms with Crippen LogP contribution in [0.3, 0.4) is 0 Å². The number of amides is 1. The number of hydrogen-bond acceptors (Lipinski definition) is 6. The van der Waals surface area contributed by atoms with Crippen molar-refractivity contribution in [3.63, 3.8) is 0 Å². The lowest BCUT2D eigenvalue weighted by molar-refractivity contribution is 0.00627. The van der Waals surface area contributed by atoms with E-state index in [1.54, 1.807) is 6.20 Å². The molecule has 0 spiro atoms. The van der Waals surface area contributed by atoms with Gasteiger partial charge in [-0.15, -0.1) is 0 Å². The lowest BCUT2D eigenvalue weighted by Gasteiger charge is -2.33. The van der Waals surface area contributed by atoms with E-state index in [2.05, 4.69) is 4.98 Å². The van der Waals surface area contributed by atoms with E-state index < -0.39 is 17.2 Å². The van der Waals surface area contributed by atoms with Gasteiger partial charge in [-0.25, -0.2) is 14.6 Å². The average molecular weight is 525 g/mol. The van der Waals surface area contributed by atoms with Crippen molar-refractivity contribution in [2.75, 3.05) is 19.7 Å². The van der Waals surface area contributed by atoms with Crippen LogP contribution in [0.5, 0.6) is 5.75 Å². The number of esters is 1. The van der Waals surface area contributed by atoms with Crippen LogP contribution in [0.2, 0.25) is 0 Å². The topological polar surface area (TPSA) is 78.0 Å². The Labute approximate surface area is 227 Å². The molecule has 1 aliphatic heterocycles. The van der Waals surface area contributed by atoms with E-state index in [0.29, 0.717) is 18.2 Å². The van der Waals surface area contributed by atoms with Crippen molar-refractivity contribution in [1.29, 1.82) is 0 Å². The van der Waals surface area contributed by atoms with Crippen LogP contribution < -0.4 is 4.74 Å². The highest BCUT2D eigenvalue weighted by atomic mass is 16.6. The SMILES string of the molecule is Cc1c(OCCCCC2CCN(C(=O)OC(C)(C)C)CC2)cccc1-c1cccnc1C(=O)OC(C)(C)C. The first-order chi connectivity index (χ1) is 17.8. The Morgan fingerprint density at radius 3 is 2.24 bits per heavy atom. The summed E-state index contributed by atoms with van der Waals surface area (Å²) in [5, 5.41) is 0. The van der Waals surface area contributed by atoms with Crippen molar-refractivity contribution >= 4 is 12.1 Å². The summed E-state index contributed by atoms with van der Waals surface area (Å²) in [7, 11) is 0. The third-order valence-electron chi connectivity index (χ3n) is 6.50. The van der Waals surface area contributed by atoms with Crippen LogP contribution in [-0.4, -0.2) is 52.8 Å². The molecule has 208 valence electrons. The molecule has 1 amide bonds. The molecule has 7 heteroatoms. The highest BCUT2D eigenvalue weighted by molar-refractivity contribution is 5.96. The van der Waals surface area contributed by atoms with E-state index in [4.69, 9.17) is 14.2 Å². The predicted molar refractivity (Wildman–Crippen MR) is 149 cm³/mol. The predicted octanol–water partition coefficient (Wildman–Crippen LogP) is 7.21. The highest BCUT2D eigenvalue weighted by Gasteiger charge is 2.27. The molecule has 1 saturated heterocycles. The standard InChI is InChI=1S/C31H44N2O5/c1-22-24(25-14-11-18-32-27(25)28(34)37-30(2,3)4)13-10-15-26(22)36-21-9-8-12-23-16-19-33(20-17-23)29(35)38-31(5,6)7/h10-11,13-15,18,23H,8-9,12,16-17,19-21H2,1-7H3. The highest BCUT2D eigenvalue weighted by Crippen LogP contribution is 2.32. The smallest absolute Gasteiger partial charge is 0.410 e. The minimum Gasteiger partial charge on any atom is -0.493 e. The van der Waals surface area contributed by atoms with Gasteiger partial charge in [0.1, 0.15) is 17.0 Å². The van der Waals surface area contributed by atoms with E-state index in [1.165, 1.54) is 0 Å². The van der Waals surface area contributed by atoms with Crippen LogP contribution in [0.25, 0.3) is 11.1 Å². The van der Waals surface area contributed by atoms with Crippen molar-refractivity contribution in [2.45, 2.75) is 91.8 Å². The van der Waals surface area contributed by atoms with Gasteiger partial charge in [-0.2, -0.15) is 0 Å². The van der Waals surface area contributed by atoms with Gasteiger partial charge in [0, 0.05) is 24.8 Å². The molecular weight excluding hydrogens is 480 g/mol. The molecule has 0 saturated carbocycles. The van der Waals surface area contributed by atoms with Crippen molar-refractivity contribution in [3.05, 3.63) is 47.8 Å². The number of hydrogen-bond donors (Lipinski definition) is 0. The number of unbranched alkanes of at least 4 members (excludes halogenated alkanes) is 1. The summed E-state index contributed by atoms with van der Waals surface area (Å²) in [6, 6.07) is 9.62. The molecule has 0 radical (unpaired) electrons. The quantitative estimate of drug-likeness (QED) is 0.268. The number of nitrogens with zero attached hydrogens (tertiary/aromatic N) is 2. The summed E-state index contributed by atoms with van der Waals surface area (Å²) in [6.45, 7) is 15.4. The molecule has 0 bridgehead atoms. The minimum absolute atomic E-state index is 0.202. The molecule has 1 aliphatic rings. The Morgan fingerprint density at radius 2 is 1.58 bits per heavy atom. The maximum atomic E-state index is 12.8. The van der Waals surface area contributed by atoms with Crippen LogP contribution in [0.15, 0.2) is 36.5 Å². The van der Waals surface area contributed by atoms with E-state index in [1.807, 2.05) is 83.7 Å². The summed E-state index contributed by atoms with van der Waals surface area (Å²) >= 11 is 0. The molecule has 1 aromatic carbocycles. The molecule has 0 N–H and O–H groups in total. The van der Waals surface area contributed by atoms with Gasteiger partial charge in [0.05, 0.1) is 6.61 Å². The van der Waals surface area contributed by atoms with Crippen LogP contribution >= 0.6 is 0 Å². The third-order valence-corrected chi connectivity index (χ3v) is 6.50. The van der Waals surface area contributed by atoms with E-state index in [-0.39, 0.29) is 6.09 Å². The number of carbonyl (C=O) groups excluding carboxylic acids is 2. The maximum absolute atomic E-state index is 12.8. The third kappa shape index (κ3) is 8.74. The Bertz CT molecular complexity index is 1090. The molecule has 1 aromatic heterocycles. The van der Waals surface area contributed by atoms with Crippen LogP contribution in [0.1, 0.15) is 89.7 Å². The molecule has 3 rings (SSSR count). The number of carbonyl (C=O) groups is 2. The fourth-order valence-electron chi connectivity index (χ4n) is 4.62. The summed E-state index contributed by atoms with van der Waals surface area (Å²) < 4.78 is 17.2. The first-order valence-corrected chi connectivity index (χ1v) is 13.7. The maximum Gasteiger partial charge on any atom is 0.410 e. The Kier molecular flexibility index (Phi) is 9.80. The van der Waals surface area contributed by atoms with Crippen molar-refractivity contribution < 1.29 is 23.8 Å². The molecule has 0 aliphatic carbocycles. The molecule has 0 unspecified atom stereocenters. The van der Waals surface area contributed by atoms with Crippen molar-refractivity contribution in [2.24, 2.45) is 5.92 Å². The van der Waals surface area contributed by atoms with E-state index in [0.717, 1.165) is 67.6 Å². The number of likely N-dealkylation sites (tertiary alicyclic amines) is 1. The number of rotatable bonds is 8. The molecule has 1 fully saturated rings. The van der Waals surface area contributed by atoms with E-state index in [9.17, 15) is 9.59 Å². The second-order valence-corrected chi connectivity index (χ2v) is 12.1. The molecule has 2 heterocycles. The summed E-state index contributed by atoms with van der Waals surface area (Å²) in [4.78, 5) is 31.2. The number of pyridine rings is 1.